The maximum atomic E-state index is 12.5. The summed E-state index contributed by atoms with van der Waals surface area (Å²) in [6.07, 6.45) is 16.0. The van der Waals surface area contributed by atoms with E-state index in [1.54, 1.807) is 20.8 Å². The first-order chi connectivity index (χ1) is 12.7. The van der Waals surface area contributed by atoms with Crippen molar-refractivity contribution in [3.63, 3.8) is 0 Å². The van der Waals surface area contributed by atoms with Crippen LogP contribution in [-0.4, -0.2) is 24.7 Å². The molecule has 0 radical (unpaired) electrons. The molecular weight excluding hydrogens is 356 g/mol. The van der Waals surface area contributed by atoms with Crippen molar-refractivity contribution in [2.75, 3.05) is 5.75 Å². The molecule has 3 nitrogen and oxygen atoms in total. The van der Waals surface area contributed by atoms with Gasteiger partial charge in [-0.1, -0.05) is 51.4 Å². The van der Waals surface area contributed by atoms with Crippen LogP contribution in [0.25, 0.3) is 0 Å². The van der Waals surface area contributed by atoms with Crippen molar-refractivity contribution < 1.29 is 13.2 Å². The molecule has 4 heteroatoms. The first-order valence-electron chi connectivity index (χ1n) is 11.4. The van der Waals surface area contributed by atoms with Crippen LogP contribution in [0.5, 0.6) is 0 Å². The molecule has 0 spiro atoms. The summed E-state index contributed by atoms with van der Waals surface area (Å²) in [5, 5.41) is 0. The Morgan fingerprint density at radius 1 is 0.852 bits per heavy atom. The molecule has 158 valence electrons. The fourth-order valence-electron chi connectivity index (χ4n) is 5.16. The Morgan fingerprint density at radius 3 is 2.15 bits per heavy atom. The highest BCUT2D eigenvalue weighted by molar-refractivity contribution is 7.92. The van der Waals surface area contributed by atoms with Gasteiger partial charge in [0.25, 0.3) is 0 Å². The Balaban J connectivity index is 1.69. The van der Waals surface area contributed by atoms with Gasteiger partial charge in [-0.2, -0.15) is 0 Å². The highest BCUT2D eigenvalue weighted by atomic mass is 32.2. The fraction of sp³-hybridized carbons (Fsp3) is 0.957. The molecule has 2 aliphatic rings. The van der Waals surface area contributed by atoms with Gasteiger partial charge in [-0.25, -0.2) is 8.42 Å². The van der Waals surface area contributed by atoms with Crippen molar-refractivity contribution in [2.45, 2.75) is 115 Å². The van der Waals surface area contributed by atoms with Gasteiger partial charge in [-0.3, -0.25) is 4.79 Å². The van der Waals surface area contributed by atoms with Gasteiger partial charge < -0.3 is 0 Å². The third-order valence-electron chi connectivity index (χ3n) is 7.01. The second-order valence-corrected chi connectivity index (χ2v) is 13.0. The normalized spacial score (nSPS) is 25.4. The summed E-state index contributed by atoms with van der Waals surface area (Å²) in [7, 11) is -3.03. The van der Waals surface area contributed by atoms with Crippen molar-refractivity contribution in [3.8, 4) is 0 Å². The second-order valence-electron chi connectivity index (χ2n) is 10.1. The van der Waals surface area contributed by atoms with Gasteiger partial charge in [0.1, 0.15) is 5.78 Å². The summed E-state index contributed by atoms with van der Waals surface area (Å²) < 4.78 is 23.6. The lowest BCUT2D eigenvalue weighted by Crippen LogP contribution is -2.30. The predicted molar refractivity (Wildman–Crippen MR) is 114 cm³/mol. The molecular formula is C23H42O3S. The summed E-state index contributed by atoms with van der Waals surface area (Å²) in [6, 6.07) is 0. The van der Waals surface area contributed by atoms with E-state index >= 15 is 0 Å². The number of unbranched alkanes of at least 4 members (excludes halogenated alkanes) is 2. The van der Waals surface area contributed by atoms with Gasteiger partial charge in [0, 0.05) is 12.8 Å². The smallest absolute Gasteiger partial charge is 0.155 e. The van der Waals surface area contributed by atoms with Gasteiger partial charge in [0.05, 0.1) is 10.5 Å². The Bertz CT molecular complexity index is 553. The van der Waals surface area contributed by atoms with E-state index in [2.05, 4.69) is 0 Å². The number of hydrogen-bond donors (Lipinski definition) is 0. The molecule has 2 aliphatic carbocycles. The average molecular weight is 399 g/mol. The molecule has 2 atom stereocenters. The topological polar surface area (TPSA) is 51.2 Å². The summed E-state index contributed by atoms with van der Waals surface area (Å²) >= 11 is 0. The number of carbonyl (C=O) groups is 1. The van der Waals surface area contributed by atoms with Gasteiger partial charge in [0.2, 0.25) is 0 Å². The Labute approximate surface area is 168 Å². The van der Waals surface area contributed by atoms with E-state index in [1.807, 2.05) is 0 Å². The number of carbonyl (C=O) groups excluding carboxylic acids is 1. The van der Waals surface area contributed by atoms with E-state index in [9.17, 15) is 13.2 Å². The van der Waals surface area contributed by atoms with Crippen molar-refractivity contribution >= 4 is 15.6 Å². The molecule has 2 saturated carbocycles. The largest absolute Gasteiger partial charge is 0.300 e. The van der Waals surface area contributed by atoms with Crippen molar-refractivity contribution in [3.05, 3.63) is 0 Å². The summed E-state index contributed by atoms with van der Waals surface area (Å²) in [4.78, 5) is 12.5. The summed E-state index contributed by atoms with van der Waals surface area (Å²) in [5.74, 6) is 2.95. The van der Waals surface area contributed by atoms with Crippen LogP contribution < -0.4 is 0 Å². The van der Waals surface area contributed by atoms with Crippen molar-refractivity contribution in [1.29, 1.82) is 0 Å². The average Bonchev–Trinajstić information content (AvgIpc) is 2.61. The number of hydrogen-bond acceptors (Lipinski definition) is 3. The fourth-order valence-corrected chi connectivity index (χ4v) is 6.36. The lowest BCUT2D eigenvalue weighted by Gasteiger charge is -2.39. The van der Waals surface area contributed by atoms with Crippen molar-refractivity contribution in [2.24, 2.45) is 17.8 Å². The minimum atomic E-state index is -3.03. The maximum Gasteiger partial charge on any atom is 0.155 e. The quantitative estimate of drug-likeness (QED) is 0.440. The third kappa shape index (κ3) is 7.18. The van der Waals surface area contributed by atoms with Crippen LogP contribution in [0.1, 0.15) is 111 Å². The van der Waals surface area contributed by atoms with Crippen LogP contribution in [0.4, 0.5) is 0 Å². The molecule has 0 aromatic rings. The molecule has 0 aliphatic heterocycles. The molecule has 0 saturated heterocycles. The van der Waals surface area contributed by atoms with E-state index < -0.39 is 14.6 Å². The molecule has 0 N–H and O–H groups in total. The van der Waals surface area contributed by atoms with E-state index in [-0.39, 0.29) is 5.75 Å². The molecule has 0 amide bonds. The lowest BCUT2D eigenvalue weighted by molar-refractivity contribution is -0.121. The molecule has 2 fully saturated rings. The highest BCUT2D eigenvalue weighted by Crippen LogP contribution is 2.43. The molecule has 0 bridgehead atoms. The zero-order chi connectivity index (χ0) is 19.9. The van der Waals surface area contributed by atoms with E-state index in [0.29, 0.717) is 24.5 Å². The predicted octanol–water partition coefficient (Wildman–Crippen LogP) is 6.11. The number of rotatable bonds is 9. The molecule has 2 rings (SSSR count). The van der Waals surface area contributed by atoms with Crippen LogP contribution in [0, 0.1) is 17.8 Å². The maximum absolute atomic E-state index is 12.5. The highest BCUT2D eigenvalue weighted by Gasteiger charge is 2.33. The number of sulfone groups is 1. The molecule has 0 aromatic carbocycles. The Kier molecular flexibility index (Phi) is 8.83. The minimum absolute atomic E-state index is 0.247. The molecule has 0 heterocycles. The zero-order valence-electron chi connectivity index (χ0n) is 18.0. The molecule has 2 unspecified atom stereocenters. The minimum Gasteiger partial charge on any atom is -0.300 e. The number of ketones is 1. The molecule has 0 aromatic heterocycles. The zero-order valence-corrected chi connectivity index (χ0v) is 18.8. The monoisotopic (exact) mass is 398 g/mol. The Morgan fingerprint density at radius 2 is 1.48 bits per heavy atom. The van der Waals surface area contributed by atoms with Crippen LogP contribution in [0.15, 0.2) is 0 Å². The summed E-state index contributed by atoms with van der Waals surface area (Å²) in [5.41, 5.74) is 0. The van der Waals surface area contributed by atoms with E-state index in [1.165, 1.54) is 57.8 Å². The van der Waals surface area contributed by atoms with Crippen LogP contribution in [0.2, 0.25) is 0 Å². The standard InChI is InChI=1S/C23H42O3S/c1-23(2,3)27(25,26)17-11-5-8-15-21(24)18-20-14-9-10-16-22(20)19-12-6-4-7-13-19/h19-20,22H,4-18H2,1-3H3. The van der Waals surface area contributed by atoms with Crippen LogP contribution in [-0.2, 0) is 14.6 Å². The lowest BCUT2D eigenvalue weighted by atomic mass is 9.66. The van der Waals surface area contributed by atoms with E-state index in [4.69, 9.17) is 0 Å². The third-order valence-corrected chi connectivity index (χ3v) is 9.71. The van der Waals surface area contributed by atoms with Crippen LogP contribution >= 0.6 is 0 Å². The van der Waals surface area contributed by atoms with Crippen molar-refractivity contribution in [1.82, 2.24) is 0 Å². The van der Waals surface area contributed by atoms with Gasteiger partial charge in [0.15, 0.2) is 9.84 Å². The van der Waals surface area contributed by atoms with Gasteiger partial charge >= 0.3 is 0 Å². The second kappa shape index (κ2) is 10.4. The molecule has 27 heavy (non-hydrogen) atoms. The van der Waals surface area contributed by atoms with Gasteiger partial charge in [-0.15, -0.1) is 0 Å². The Hall–Kier alpha value is -0.380. The van der Waals surface area contributed by atoms with Gasteiger partial charge in [-0.05, 0) is 64.2 Å². The van der Waals surface area contributed by atoms with Crippen LogP contribution in [0.3, 0.4) is 0 Å². The first kappa shape index (κ1) is 22.9. The SMILES string of the molecule is CC(C)(C)S(=O)(=O)CCCCCC(=O)CC1CCCCC1C1CCCCC1. The number of Topliss-reactive ketones (excluding diaryl/α,β-unsaturated/α-hetero) is 1. The first-order valence-corrected chi connectivity index (χ1v) is 13.1. The van der Waals surface area contributed by atoms with E-state index in [0.717, 1.165) is 31.1 Å². The summed E-state index contributed by atoms with van der Waals surface area (Å²) in [6.45, 7) is 5.29.